The SMILES string of the molecule is Cc1[nH]nc2cc(-c3cccc(Cn4c(=O)cnc5ccncc54)c3)ccc12.Cn1cnc2ccc(-c3cccc(Cn4c(=O)cnc5ccncc54)c3)cc21. The molecule has 0 saturated heterocycles. The van der Waals surface area contributed by atoms with Gasteiger partial charge in [0.1, 0.15) is 0 Å². The van der Waals surface area contributed by atoms with Crippen molar-refractivity contribution in [1.82, 2.24) is 48.8 Å². The maximum atomic E-state index is 12.4. The van der Waals surface area contributed by atoms with Gasteiger partial charge in [-0.2, -0.15) is 5.10 Å². The van der Waals surface area contributed by atoms with Gasteiger partial charge in [-0.3, -0.25) is 33.8 Å². The number of H-pyrrole nitrogens is 1. The minimum absolute atomic E-state index is 0.137. The number of benzene rings is 4. The van der Waals surface area contributed by atoms with E-state index in [0.29, 0.717) is 13.1 Å². The summed E-state index contributed by atoms with van der Waals surface area (Å²) in [4.78, 5) is 45.9. The van der Waals surface area contributed by atoms with Crippen LogP contribution in [0.4, 0.5) is 0 Å². The quantitative estimate of drug-likeness (QED) is 0.191. The molecule has 0 bridgehead atoms. The van der Waals surface area contributed by atoms with E-state index < -0.39 is 0 Å². The zero-order valence-corrected chi connectivity index (χ0v) is 30.5. The second-order valence-electron chi connectivity index (χ2n) is 13.6. The number of aromatic nitrogens is 10. The van der Waals surface area contributed by atoms with E-state index in [9.17, 15) is 9.59 Å². The summed E-state index contributed by atoms with van der Waals surface area (Å²) in [5, 5.41) is 8.51. The summed E-state index contributed by atoms with van der Waals surface area (Å²) in [6.45, 7) is 2.94. The number of pyridine rings is 2. The molecule has 0 unspecified atom stereocenters. The topological polar surface area (TPSA) is 142 Å². The van der Waals surface area contributed by atoms with E-state index in [1.165, 1.54) is 12.4 Å². The lowest BCUT2D eigenvalue weighted by Crippen LogP contribution is -2.21. The largest absolute Gasteiger partial charge is 0.334 e. The number of aromatic amines is 1. The van der Waals surface area contributed by atoms with Crippen LogP contribution in [0.5, 0.6) is 0 Å². The number of aryl methyl sites for hydroxylation is 2. The smallest absolute Gasteiger partial charge is 0.269 e. The molecule has 12 nitrogen and oxygen atoms in total. The zero-order chi connectivity index (χ0) is 38.2. The van der Waals surface area contributed by atoms with Gasteiger partial charge in [0, 0.05) is 30.5 Å². The fourth-order valence-electron chi connectivity index (χ4n) is 7.04. The van der Waals surface area contributed by atoms with E-state index in [2.05, 4.69) is 89.7 Å². The van der Waals surface area contributed by atoms with Crippen molar-refractivity contribution in [3.8, 4) is 22.3 Å². The van der Waals surface area contributed by atoms with Gasteiger partial charge in [-0.1, -0.05) is 54.6 Å². The molecule has 0 amide bonds. The van der Waals surface area contributed by atoms with Crippen LogP contribution in [0.1, 0.15) is 16.8 Å². The van der Waals surface area contributed by atoms with Crippen LogP contribution in [0.25, 0.3) is 66.3 Å². The van der Waals surface area contributed by atoms with E-state index in [1.807, 2.05) is 67.3 Å². The first kappa shape index (κ1) is 34.2. The fraction of sp³-hybridized carbons (Fsp3) is 0.0909. The van der Waals surface area contributed by atoms with Crippen LogP contribution in [-0.2, 0) is 20.1 Å². The van der Waals surface area contributed by atoms with Gasteiger partial charge in [-0.15, -0.1) is 0 Å². The Hall–Kier alpha value is -7.60. The minimum atomic E-state index is -0.140. The monoisotopic (exact) mass is 734 g/mol. The molecule has 0 aliphatic rings. The van der Waals surface area contributed by atoms with Gasteiger partial charge in [0.25, 0.3) is 11.1 Å². The van der Waals surface area contributed by atoms with Crippen molar-refractivity contribution >= 4 is 44.0 Å². The molecule has 0 saturated carbocycles. The molecular formula is C44H34N10O2. The molecule has 272 valence electrons. The highest BCUT2D eigenvalue weighted by Gasteiger charge is 2.10. The molecular weight excluding hydrogens is 701 g/mol. The highest BCUT2D eigenvalue weighted by Crippen LogP contribution is 2.27. The van der Waals surface area contributed by atoms with Gasteiger partial charge in [0.05, 0.1) is 82.8 Å². The Bertz CT molecular complexity index is 3200. The molecule has 0 atom stereocenters. The lowest BCUT2D eigenvalue weighted by molar-refractivity contribution is 0.785. The van der Waals surface area contributed by atoms with Crippen molar-refractivity contribution in [1.29, 1.82) is 0 Å². The van der Waals surface area contributed by atoms with Gasteiger partial charge in [-0.05, 0) is 82.8 Å². The summed E-state index contributed by atoms with van der Waals surface area (Å²) in [5.74, 6) is 0. The van der Waals surface area contributed by atoms with E-state index in [-0.39, 0.29) is 11.1 Å². The van der Waals surface area contributed by atoms with Crippen LogP contribution < -0.4 is 11.1 Å². The number of hydrogen-bond donors (Lipinski definition) is 1. The average Bonchev–Trinajstić information content (AvgIpc) is 3.81. The van der Waals surface area contributed by atoms with Gasteiger partial charge in [-0.25, -0.2) is 15.0 Å². The summed E-state index contributed by atoms with van der Waals surface area (Å²) in [6.07, 6.45) is 11.3. The fourth-order valence-corrected chi connectivity index (χ4v) is 7.04. The summed E-state index contributed by atoms with van der Waals surface area (Å²) < 4.78 is 5.42. The van der Waals surface area contributed by atoms with Crippen molar-refractivity contribution in [3.63, 3.8) is 0 Å². The van der Waals surface area contributed by atoms with Crippen molar-refractivity contribution in [3.05, 3.63) is 178 Å². The van der Waals surface area contributed by atoms with Gasteiger partial charge in [0.2, 0.25) is 0 Å². The highest BCUT2D eigenvalue weighted by atomic mass is 16.1. The third-order valence-electron chi connectivity index (χ3n) is 9.97. The Morgan fingerprint density at radius 1 is 0.554 bits per heavy atom. The molecule has 10 aromatic rings. The molecule has 6 aromatic heterocycles. The average molecular weight is 735 g/mol. The van der Waals surface area contributed by atoms with Gasteiger partial charge >= 0.3 is 0 Å². The third-order valence-corrected chi connectivity index (χ3v) is 9.97. The predicted octanol–water partition coefficient (Wildman–Crippen LogP) is 7.09. The Morgan fingerprint density at radius 2 is 1.11 bits per heavy atom. The number of fused-ring (bicyclic) bond motifs is 4. The Kier molecular flexibility index (Phi) is 8.75. The number of nitrogens with one attached hydrogen (secondary N) is 1. The summed E-state index contributed by atoms with van der Waals surface area (Å²) >= 11 is 0. The molecule has 0 fully saturated rings. The predicted molar refractivity (Wildman–Crippen MR) is 218 cm³/mol. The standard InChI is InChI=1S/2C22H17N5O/c1-26-14-25-18-6-5-17(10-20(18)26)16-4-2-3-15(9-16)13-27-21-11-23-8-7-19(21)24-12-22(27)28;1-14-18-6-5-17(10-20(18)26-25-14)16-4-2-3-15(9-16)13-27-21-11-23-8-7-19(21)24-12-22(27)28/h2-12,14H,13H2,1H3;2-12H,13H2,1H3,(H,25,26). The second-order valence-corrected chi connectivity index (χ2v) is 13.6. The zero-order valence-electron chi connectivity index (χ0n) is 30.5. The summed E-state index contributed by atoms with van der Waals surface area (Å²) in [6, 6.07) is 32.6. The molecule has 0 aliphatic carbocycles. The maximum Gasteiger partial charge on any atom is 0.269 e. The molecule has 1 N–H and O–H groups in total. The summed E-state index contributed by atoms with van der Waals surface area (Å²) in [5.41, 5.74) is 13.3. The van der Waals surface area contributed by atoms with Crippen LogP contribution in [0, 0.1) is 6.92 Å². The minimum Gasteiger partial charge on any atom is -0.334 e. The van der Waals surface area contributed by atoms with Crippen molar-refractivity contribution in [2.45, 2.75) is 20.0 Å². The number of rotatable bonds is 6. The molecule has 0 aliphatic heterocycles. The van der Waals surface area contributed by atoms with E-state index in [1.54, 1.807) is 33.9 Å². The van der Waals surface area contributed by atoms with Crippen LogP contribution in [0.15, 0.2) is 150 Å². The Balaban J connectivity index is 0.000000146. The molecule has 56 heavy (non-hydrogen) atoms. The lowest BCUT2D eigenvalue weighted by atomic mass is 10.0. The molecule has 10 rings (SSSR count). The lowest BCUT2D eigenvalue weighted by Gasteiger charge is -2.11. The Labute approximate surface area is 319 Å². The first-order valence-corrected chi connectivity index (χ1v) is 18.0. The molecule has 12 heteroatoms. The molecule has 6 heterocycles. The van der Waals surface area contributed by atoms with E-state index in [4.69, 9.17) is 0 Å². The third kappa shape index (κ3) is 6.60. The molecule has 4 aromatic carbocycles. The van der Waals surface area contributed by atoms with Crippen molar-refractivity contribution in [2.24, 2.45) is 7.05 Å². The second kappa shape index (κ2) is 14.3. The number of imidazole rings is 1. The summed E-state index contributed by atoms with van der Waals surface area (Å²) in [7, 11) is 1.99. The normalized spacial score (nSPS) is 11.3. The first-order valence-electron chi connectivity index (χ1n) is 18.0. The molecule has 0 spiro atoms. The maximum absolute atomic E-state index is 12.4. The van der Waals surface area contributed by atoms with Gasteiger partial charge in [0.15, 0.2) is 0 Å². The molecule has 0 radical (unpaired) electrons. The number of nitrogens with zero attached hydrogens (tertiary/aromatic N) is 9. The van der Waals surface area contributed by atoms with Crippen LogP contribution >= 0.6 is 0 Å². The van der Waals surface area contributed by atoms with E-state index in [0.717, 1.165) is 83.1 Å². The van der Waals surface area contributed by atoms with Crippen LogP contribution in [0.3, 0.4) is 0 Å². The Morgan fingerprint density at radius 3 is 1.73 bits per heavy atom. The van der Waals surface area contributed by atoms with Crippen LogP contribution in [-0.4, -0.2) is 48.8 Å². The first-order chi connectivity index (χ1) is 27.4. The van der Waals surface area contributed by atoms with Crippen molar-refractivity contribution in [2.75, 3.05) is 0 Å². The number of hydrogen-bond acceptors (Lipinski definition) is 8. The van der Waals surface area contributed by atoms with Gasteiger partial charge < -0.3 is 4.57 Å². The highest BCUT2D eigenvalue weighted by molar-refractivity contribution is 5.86. The van der Waals surface area contributed by atoms with Crippen LogP contribution in [0.2, 0.25) is 0 Å². The van der Waals surface area contributed by atoms with Crippen molar-refractivity contribution < 1.29 is 0 Å². The van der Waals surface area contributed by atoms with E-state index >= 15 is 0 Å².